The zero-order valence-electron chi connectivity index (χ0n) is 13.8. The van der Waals surface area contributed by atoms with Gasteiger partial charge < -0.3 is 20.5 Å². The van der Waals surface area contributed by atoms with E-state index in [1.165, 1.54) is 0 Å². The average molecular weight is 329 g/mol. The van der Waals surface area contributed by atoms with Gasteiger partial charge in [-0.15, -0.1) is 0 Å². The monoisotopic (exact) mass is 329 g/mol. The first-order chi connectivity index (χ1) is 11.5. The van der Waals surface area contributed by atoms with Crippen LogP contribution in [0, 0.1) is 0 Å². The summed E-state index contributed by atoms with van der Waals surface area (Å²) in [6.45, 7) is 3.29. The van der Waals surface area contributed by atoms with Crippen molar-refractivity contribution in [2.75, 3.05) is 13.1 Å². The van der Waals surface area contributed by atoms with E-state index in [1.807, 2.05) is 27.8 Å². The lowest BCUT2D eigenvalue weighted by atomic mass is 10.0. The molecule has 3 rings (SSSR count). The molecule has 0 saturated carbocycles. The van der Waals surface area contributed by atoms with Crippen molar-refractivity contribution in [1.29, 1.82) is 0 Å². The SMILES string of the molecule is CC(N)C(=O)NC1CCN(C(=O)Cn2ccc3ccncc32)CC1. The van der Waals surface area contributed by atoms with Gasteiger partial charge in [-0.3, -0.25) is 14.6 Å². The summed E-state index contributed by atoms with van der Waals surface area (Å²) in [6, 6.07) is 3.52. The van der Waals surface area contributed by atoms with Crippen LogP contribution >= 0.6 is 0 Å². The third kappa shape index (κ3) is 3.56. The van der Waals surface area contributed by atoms with Gasteiger partial charge >= 0.3 is 0 Å². The fourth-order valence-corrected chi connectivity index (χ4v) is 3.02. The molecule has 128 valence electrons. The third-order valence-corrected chi connectivity index (χ3v) is 4.49. The number of nitrogens with zero attached hydrogens (tertiary/aromatic N) is 3. The molecule has 1 saturated heterocycles. The largest absolute Gasteiger partial charge is 0.352 e. The van der Waals surface area contributed by atoms with Gasteiger partial charge in [0.15, 0.2) is 0 Å². The number of pyridine rings is 1. The van der Waals surface area contributed by atoms with Crippen LogP contribution in [0.25, 0.3) is 10.9 Å². The molecular formula is C17H23N5O2. The van der Waals surface area contributed by atoms with E-state index in [-0.39, 0.29) is 17.9 Å². The minimum Gasteiger partial charge on any atom is -0.352 e. The van der Waals surface area contributed by atoms with Crippen LogP contribution in [0.1, 0.15) is 19.8 Å². The molecule has 2 aromatic heterocycles. The van der Waals surface area contributed by atoms with Crippen LogP contribution in [0.5, 0.6) is 0 Å². The highest BCUT2D eigenvalue weighted by Gasteiger charge is 2.24. The van der Waals surface area contributed by atoms with Crippen molar-refractivity contribution in [2.24, 2.45) is 5.73 Å². The smallest absolute Gasteiger partial charge is 0.242 e. The third-order valence-electron chi connectivity index (χ3n) is 4.49. The number of hydrogen-bond donors (Lipinski definition) is 2. The summed E-state index contributed by atoms with van der Waals surface area (Å²) >= 11 is 0. The second-order valence-electron chi connectivity index (χ2n) is 6.33. The van der Waals surface area contributed by atoms with Crippen molar-refractivity contribution in [3.8, 4) is 0 Å². The van der Waals surface area contributed by atoms with Crippen molar-refractivity contribution in [1.82, 2.24) is 19.8 Å². The van der Waals surface area contributed by atoms with E-state index in [9.17, 15) is 9.59 Å². The lowest BCUT2D eigenvalue weighted by Crippen LogP contribution is -2.50. The number of piperidine rings is 1. The highest BCUT2D eigenvalue weighted by atomic mass is 16.2. The molecule has 1 atom stereocenters. The first-order valence-electron chi connectivity index (χ1n) is 8.27. The standard InChI is InChI=1S/C17H23N5O2/c1-12(18)17(24)20-14-4-8-21(9-5-14)16(23)11-22-7-3-13-2-6-19-10-15(13)22/h2-3,6-7,10,12,14H,4-5,8-9,11,18H2,1H3,(H,20,24). The number of carbonyl (C=O) groups excluding carboxylic acids is 2. The second kappa shape index (κ2) is 7.00. The normalized spacial score (nSPS) is 17.0. The summed E-state index contributed by atoms with van der Waals surface area (Å²) in [5.74, 6) is -0.0422. The topological polar surface area (TPSA) is 93.3 Å². The molecule has 0 bridgehead atoms. The summed E-state index contributed by atoms with van der Waals surface area (Å²) in [5, 5.41) is 4.01. The maximum atomic E-state index is 12.5. The number of nitrogens with one attached hydrogen (secondary N) is 1. The Bertz CT molecular complexity index is 731. The van der Waals surface area contributed by atoms with Crippen LogP contribution in [0.2, 0.25) is 0 Å². The maximum Gasteiger partial charge on any atom is 0.242 e. The molecule has 7 heteroatoms. The van der Waals surface area contributed by atoms with Crippen LogP contribution in [-0.4, -0.2) is 51.4 Å². The Hall–Kier alpha value is -2.41. The molecule has 1 fully saturated rings. The van der Waals surface area contributed by atoms with Crippen LogP contribution in [0.4, 0.5) is 0 Å². The average Bonchev–Trinajstić information content (AvgIpc) is 2.98. The fraction of sp³-hybridized carbons (Fsp3) is 0.471. The van der Waals surface area contributed by atoms with E-state index in [0.717, 1.165) is 23.7 Å². The molecule has 3 N–H and O–H groups in total. The van der Waals surface area contributed by atoms with Gasteiger partial charge in [-0.2, -0.15) is 0 Å². The number of hydrogen-bond acceptors (Lipinski definition) is 4. The van der Waals surface area contributed by atoms with Gasteiger partial charge in [0.2, 0.25) is 11.8 Å². The lowest BCUT2D eigenvalue weighted by Gasteiger charge is -2.32. The van der Waals surface area contributed by atoms with E-state index in [2.05, 4.69) is 10.3 Å². The zero-order chi connectivity index (χ0) is 17.1. The Labute approximate surface area is 140 Å². The summed E-state index contributed by atoms with van der Waals surface area (Å²) in [6.07, 6.45) is 6.96. The van der Waals surface area contributed by atoms with Gasteiger partial charge in [-0.25, -0.2) is 0 Å². The van der Waals surface area contributed by atoms with Crippen molar-refractivity contribution in [3.63, 3.8) is 0 Å². The highest BCUT2D eigenvalue weighted by Crippen LogP contribution is 2.16. The van der Waals surface area contributed by atoms with E-state index >= 15 is 0 Å². The van der Waals surface area contributed by atoms with Crippen LogP contribution < -0.4 is 11.1 Å². The van der Waals surface area contributed by atoms with Crippen molar-refractivity contribution in [2.45, 2.75) is 38.4 Å². The first-order valence-corrected chi connectivity index (χ1v) is 8.27. The van der Waals surface area contributed by atoms with Crippen LogP contribution in [0.15, 0.2) is 30.7 Å². The van der Waals surface area contributed by atoms with Gasteiger partial charge in [0.1, 0.15) is 6.54 Å². The minimum atomic E-state index is -0.500. The molecule has 0 radical (unpaired) electrons. The van der Waals surface area contributed by atoms with Gasteiger partial charge in [0.05, 0.1) is 17.8 Å². The molecule has 1 aliphatic rings. The van der Waals surface area contributed by atoms with Crippen molar-refractivity contribution >= 4 is 22.7 Å². The van der Waals surface area contributed by atoms with E-state index in [4.69, 9.17) is 5.73 Å². The van der Waals surface area contributed by atoms with E-state index in [0.29, 0.717) is 19.6 Å². The summed E-state index contributed by atoms with van der Waals surface area (Å²) in [5.41, 5.74) is 6.53. The van der Waals surface area contributed by atoms with Gasteiger partial charge in [-0.1, -0.05) is 0 Å². The Balaban J connectivity index is 1.55. The molecule has 2 amide bonds. The molecule has 0 aliphatic carbocycles. The number of amides is 2. The second-order valence-corrected chi connectivity index (χ2v) is 6.33. The van der Waals surface area contributed by atoms with Gasteiger partial charge in [0.25, 0.3) is 0 Å². The molecule has 1 aliphatic heterocycles. The summed E-state index contributed by atoms with van der Waals surface area (Å²) in [7, 11) is 0. The molecule has 0 spiro atoms. The Kier molecular flexibility index (Phi) is 4.80. The first kappa shape index (κ1) is 16.4. The Morgan fingerprint density at radius 1 is 1.38 bits per heavy atom. The molecule has 3 heterocycles. The maximum absolute atomic E-state index is 12.5. The molecular weight excluding hydrogens is 306 g/mol. The number of aromatic nitrogens is 2. The highest BCUT2D eigenvalue weighted by molar-refractivity contribution is 5.83. The Morgan fingerprint density at radius 2 is 2.12 bits per heavy atom. The molecule has 7 nitrogen and oxygen atoms in total. The van der Waals surface area contributed by atoms with Gasteiger partial charge in [0, 0.05) is 36.9 Å². The van der Waals surface area contributed by atoms with Crippen LogP contribution in [0.3, 0.4) is 0 Å². The van der Waals surface area contributed by atoms with E-state index < -0.39 is 6.04 Å². The zero-order valence-corrected chi connectivity index (χ0v) is 13.8. The Morgan fingerprint density at radius 3 is 2.83 bits per heavy atom. The minimum absolute atomic E-state index is 0.0910. The predicted octanol–water partition coefficient (Wildman–Crippen LogP) is 0.491. The van der Waals surface area contributed by atoms with Gasteiger partial charge in [-0.05, 0) is 31.9 Å². The van der Waals surface area contributed by atoms with Crippen LogP contribution in [-0.2, 0) is 16.1 Å². The fourth-order valence-electron chi connectivity index (χ4n) is 3.02. The number of rotatable bonds is 4. The van der Waals surface area contributed by atoms with Crippen molar-refractivity contribution in [3.05, 3.63) is 30.7 Å². The number of carbonyl (C=O) groups is 2. The molecule has 1 unspecified atom stereocenters. The van der Waals surface area contributed by atoms with Crippen molar-refractivity contribution < 1.29 is 9.59 Å². The predicted molar refractivity (Wildman–Crippen MR) is 91.1 cm³/mol. The van der Waals surface area contributed by atoms with E-state index in [1.54, 1.807) is 19.3 Å². The number of likely N-dealkylation sites (tertiary alicyclic amines) is 1. The molecule has 24 heavy (non-hydrogen) atoms. The number of nitrogens with two attached hydrogens (primary N) is 1. The number of fused-ring (bicyclic) bond motifs is 1. The quantitative estimate of drug-likeness (QED) is 0.854. The summed E-state index contributed by atoms with van der Waals surface area (Å²) in [4.78, 5) is 30.1. The summed E-state index contributed by atoms with van der Waals surface area (Å²) < 4.78 is 1.93. The molecule has 2 aromatic rings. The lowest BCUT2D eigenvalue weighted by molar-refractivity contribution is -0.133. The molecule has 0 aromatic carbocycles.